The number of carboxylic acid groups (broad SMARTS) is 1. The molecule has 0 fully saturated rings. The van der Waals surface area contributed by atoms with Crippen LogP contribution in [0, 0.1) is 0 Å². The van der Waals surface area contributed by atoms with Gasteiger partial charge in [0, 0.05) is 12.6 Å². The molecule has 5 heteroatoms. The van der Waals surface area contributed by atoms with Crippen molar-refractivity contribution in [3.8, 4) is 5.75 Å². The molecular formula is C19H19NO4. The molecule has 0 heterocycles. The maximum atomic E-state index is 12.8. The number of amides is 1. The molecule has 2 aromatic rings. The summed E-state index contributed by atoms with van der Waals surface area (Å²) in [4.78, 5) is 25.1. The minimum absolute atomic E-state index is 0.0669. The van der Waals surface area contributed by atoms with Gasteiger partial charge in [-0.15, -0.1) is 0 Å². The van der Waals surface area contributed by atoms with Crippen molar-refractivity contribution in [3.63, 3.8) is 0 Å². The van der Waals surface area contributed by atoms with Crippen LogP contribution in [-0.4, -0.2) is 35.5 Å². The first-order valence-electron chi connectivity index (χ1n) is 7.86. The number of rotatable bonds is 5. The Morgan fingerprint density at radius 3 is 2.79 bits per heavy atom. The molecule has 1 amide bonds. The molecular weight excluding hydrogens is 306 g/mol. The topological polar surface area (TPSA) is 66.8 Å². The lowest BCUT2D eigenvalue weighted by Gasteiger charge is -2.25. The van der Waals surface area contributed by atoms with E-state index in [1.54, 1.807) is 36.2 Å². The third-order valence-corrected chi connectivity index (χ3v) is 4.33. The van der Waals surface area contributed by atoms with Crippen molar-refractivity contribution in [2.45, 2.75) is 18.9 Å². The molecule has 1 atom stereocenters. The van der Waals surface area contributed by atoms with Crippen molar-refractivity contribution in [3.05, 3.63) is 65.2 Å². The maximum Gasteiger partial charge on any atom is 0.341 e. The molecule has 0 aromatic heterocycles. The number of carbonyl (C=O) groups excluding carboxylic acids is 1. The number of ether oxygens (including phenoxy) is 1. The second-order valence-corrected chi connectivity index (χ2v) is 5.88. The molecule has 124 valence electrons. The van der Waals surface area contributed by atoms with Crippen molar-refractivity contribution in [1.29, 1.82) is 0 Å². The number of hydrogen-bond donors (Lipinski definition) is 1. The van der Waals surface area contributed by atoms with Crippen LogP contribution in [0.3, 0.4) is 0 Å². The Labute approximate surface area is 140 Å². The summed E-state index contributed by atoms with van der Waals surface area (Å²) < 4.78 is 5.15. The summed E-state index contributed by atoms with van der Waals surface area (Å²) in [5, 5.41) is 8.68. The average Bonchev–Trinajstić information content (AvgIpc) is 3.03. The van der Waals surface area contributed by atoms with Crippen molar-refractivity contribution in [2.75, 3.05) is 13.7 Å². The molecule has 1 N–H and O–H groups in total. The van der Waals surface area contributed by atoms with Gasteiger partial charge in [0.25, 0.3) is 5.91 Å². The molecule has 0 spiro atoms. The van der Waals surface area contributed by atoms with Gasteiger partial charge in [-0.2, -0.15) is 0 Å². The molecule has 1 unspecified atom stereocenters. The van der Waals surface area contributed by atoms with Crippen LogP contribution in [0.15, 0.2) is 48.5 Å². The van der Waals surface area contributed by atoms with E-state index in [4.69, 9.17) is 9.84 Å². The van der Waals surface area contributed by atoms with E-state index in [1.165, 1.54) is 11.1 Å². The van der Waals surface area contributed by atoms with Gasteiger partial charge in [-0.3, -0.25) is 4.79 Å². The van der Waals surface area contributed by atoms with E-state index in [0.717, 1.165) is 12.8 Å². The third kappa shape index (κ3) is 3.25. The number of carbonyl (C=O) groups is 2. The smallest absolute Gasteiger partial charge is 0.341 e. The molecule has 1 aliphatic carbocycles. The summed E-state index contributed by atoms with van der Waals surface area (Å²) in [6.07, 6.45) is 1.89. The van der Waals surface area contributed by atoms with E-state index in [0.29, 0.717) is 11.3 Å². The first kappa shape index (κ1) is 16.1. The van der Waals surface area contributed by atoms with E-state index in [9.17, 15) is 9.59 Å². The number of benzene rings is 2. The van der Waals surface area contributed by atoms with E-state index >= 15 is 0 Å². The van der Waals surface area contributed by atoms with Gasteiger partial charge in [0.1, 0.15) is 5.75 Å². The van der Waals surface area contributed by atoms with Crippen molar-refractivity contribution < 1.29 is 19.4 Å². The molecule has 24 heavy (non-hydrogen) atoms. The normalized spacial score (nSPS) is 15.6. The highest BCUT2D eigenvalue weighted by atomic mass is 16.5. The molecule has 0 bridgehead atoms. The van der Waals surface area contributed by atoms with E-state index < -0.39 is 12.6 Å². The van der Waals surface area contributed by atoms with Crippen molar-refractivity contribution in [2.24, 2.45) is 0 Å². The van der Waals surface area contributed by atoms with E-state index in [2.05, 4.69) is 12.1 Å². The number of fused-ring (bicyclic) bond motifs is 1. The summed E-state index contributed by atoms with van der Waals surface area (Å²) in [5.41, 5.74) is 2.98. The first-order valence-corrected chi connectivity index (χ1v) is 7.86. The standard InChI is InChI=1S/C19H19NO4/c1-20(17-10-9-13-5-2-3-8-16(13)17)19(23)14-6-4-7-15(11-14)24-12-18(21)22/h2-8,11,17H,9-10,12H2,1H3,(H,21,22). The predicted octanol–water partition coefficient (Wildman–Crippen LogP) is 2.91. The Morgan fingerprint density at radius 2 is 2.00 bits per heavy atom. The van der Waals surface area contributed by atoms with Gasteiger partial charge < -0.3 is 14.7 Å². The van der Waals surface area contributed by atoms with Gasteiger partial charge in [-0.1, -0.05) is 30.3 Å². The minimum atomic E-state index is -1.05. The van der Waals surface area contributed by atoms with Crippen LogP contribution in [0.2, 0.25) is 0 Å². The van der Waals surface area contributed by atoms with E-state index in [1.807, 2.05) is 12.1 Å². The summed E-state index contributed by atoms with van der Waals surface area (Å²) in [5.74, 6) is -0.771. The van der Waals surface area contributed by atoms with Crippen molar-refractivity contribution in [1.82, 2.24) is 4.90 Å². The van der Waals surface area contributed by atoms with Gasteiger partial charge in [0.2, 0.25) is 0 Å². The lowest BCUT2D eigenvalue weighted by Crippen LogP contribution is -2.30. The molecule has 0 aliphatic heterocycles. The van der Waals surface area contributed by atoms with Crippen LogP contribution >= 0.6 is 0 Å². The fourth-order valence-electron chi connectivity index (χ4n) is 3.15. The third-order valence-electron chi connectivity index (χ3n) is 4.33. The fourth-order valence-corrected chi connectivity index (χ4v) is 3.15. The fraction of sp³-hybridized carbons (Fsp3) is 0.263. The predicted molar refractivity (Wildman–Crippen MR) is 89.2 cm³/mol. The van der Waals surface area contributed by atoms with Crippen LogP contribution in [0.5, 0.6) is 5.75 Å². The Kier molecular flexibility index (Phi) is 4.51. The Hall–Kier alpha value is -2.82. The Bertz CT molecular complexity index is 771. The highest BCUT2D eigenvalue weighted by Gasteiger charge is 2.28. The van der Waals surface area contributed by atoms with E-state index in [-0.39, 0.29) is 11.9 Å². The zero-order valence-corrected chi connectivity index (χ0v) is 13.4. The van der Waals surface area contributed by atoms with Gasteiger partial charge >= 0.3 is 5.97 Å². The largest absolute Gasteiger partial charge is 0.482 e. The van der Waals surface area contributed by atoms with Gasteiger partial charge in [0.15, 0.2) is 6.61 Å². The molecule has 3 rings (SSSR count). The average molecular weight is 325 g/mol. The monoisotopic (exact) mass is 325 g/mol. The molecule has 0 saturated heterocycles. The van der Waals surface area contributed by atoms with Crippen LogP contribution in [0.25, 0.3) is 0 Å². The maximum absolute atomic E-state index is 12.8. The number of nitrogens with zero attached hydrogens (tertiary/aromatic N) is 1. The number of carboxylic acids is 1. The highest BCUT2D eigenvalue weighted by molar-refractivity contribution is 5.94. The summed E-state index contributed by atoms with van der Waals surface area (Å²) >= 11 is 0. The summed E-state index contributed by atoms with van der Waals surface area (Å²) in [7, 11) is 1.81. The molecule has 2 aromatic carbocycles. The highest BCUT2D eigenvalue weighted by Crippen LogP contribution is 2.35. The quantitative estimate of drug-likeness (QED) is 0.918. The minimum Gasteiger partial charge on any atom is -0.482 e. The SMILES string of the molecule is CN(C(=O)c1cccc(OCC(=O)O)c1)C1CCc2ccccc21. The second-order valence-electron chi connectivity index (χ2n) is 5.88. The molecule has 5 nitrogen and oxygen atoms in total. The van der Waals surface area contributed by atoms with Crippen molar-refractivity contribution >= 4 is 11.9 Å². The molecule has 1 aliphatic rings. The zero-order chi connectivity index (χ0) is 17.1. The number of aliphatic carboxylic acids is 1. The molecule has 0 radical (unpaired) electrons. The lowest BCUT2D eigenvalue weighted by molar-refractivity contribution is -0.139. The van der Waals surface area contributed by atoms with Gasteiger partial charge in [-0.25, -0.2) is 4.79 Å². The van der Waals surface area contributed by atoms with Gasteiger partial charge in [0.05, 0.1) is 6.04 Å². The number of aryl methyl sites for hydroxylation is 1. The zero-order valence-electron chi connectivity index (χ0n) is 13.4. The van der Waals surface area contributed by atoms with Crippen LogP contribution in [-0.2, 0) is 11.2 Å². The van der Waals surface area contributed by atoms with Crippen LogP contribution in [0.4, 0.5) is 0 Å². The van der Waals surface area contributed by atoms with Crippen LogP contribution in [0.1, 0.15) is 33.9 Å². The van der Waals surface area contributed by atoms with Crippen LogP contribution < -0.4 is 4.74 Å². The second kappa shape index (κ2) is 6.74. The number of hydrogen-bond acceptors (Lipinski definition) is 3. The molecule has 0 saturated carbocycles. The first-order chi connectivity index (χ1) is 11.6. The lowest BCUT2D eigenvalue weighted by atomic mass is 10.1. The summed E-state index contributed by atoms with van der Waals surface area (Å²) in [6.45, 7) is -0.427. The Balaban J connectivity index is 1.77. The van der Waals surface area contributed by atoms with Gasteiger partial charge in [-0.05, 0) is 42.2 Å². The Morgan fingerprint density at radius 1 is 1.21 bits per heavy atom. The summed E-state index contributed by atoms with van der Waals surface area (Å²) in [6, 6.07) is 14.9.